The second-order valence-corrected chi connectivity index (χ2v) is 7.49. The standard InChI is InChI=1S/C12H7Br2ClFNO2S/c13-8-6-7(16)4-5-11(8)20(18,19)17-10-3-1-2-9(15)12(10)14/h1-6,17H. The molecule has 0 unspecified atom stereocenters. The van der Waals surface area contributed by atoms with Gasteiger partial charge in [-0.1, -0.05) is 17.7 Å². The molecule has 0 saturated heterocycles. The van der Waals surface area contributed by atoms with Crippen LogP contribution in [0.2, 0.25) is 5.02 Å². The van der Waals surface area contributed by atoms with E-state index in [2.05, 4.69) is 36.6 Å². The molecule has 0 aliphatic rings. The fraction of sp³-hybridized carbons (Fsp3) is 0. The molecule has 2 aromatic carbocycles. The van der Waals surface area contributed by atoms with E-state index in [-0.39, 0.29) is 9.37 Å². The van der Waals surface area contributed by atoms with E-state index < -0.39 is 15.8 Å². The van der Waals surface area contributed by atoms with Crippen molar-refractivity contribution in [3.63, 3.8) is 0 Å². The third kappa shape index (κ3) is 3.33. The van der Waals surface area contributed by atoms with Crippen LogP contribution >= 0.6 is 43.5 Å². The second kappa shape index (κ2) is 6.01. The summed E-state index contributed by atoms with van der Waals surface area (Å²) in [5.74, 6) is -0.528. The van der Waals surface area contributed by atoms with Crippen molar-refractivity contribution >= 4 is 59.2 Å². The molecule has 2 rings (SSSR count). The van der Waals surface area contributed by atoms with Crippen LogP contribution in [0.1, 0.15) is 0 Å². The minimum absolute atomic E-state index is 0.0641. The molecule has 0 aliphatic carbocycles. The van der Waals surface area contributed by atoms with Crippen LogP contribution in [0.25, 0.3) is 0 Å². The van der Waals surface area contributed by atoms with Crippen molar-refractivity contribution in [2.24, 2.45) is 0 Å². The first-order chi connectivity index (χ1) is 9.31. The molecule has 0 fully saturated rings. The van der Waals surface area contributed by atoms with Crippen LogP contribution in [0.4, 0.5) is 10.1 Å². The summed E-state index contributed by atoms with van der Waals surface area (Å²) in [7, 11) is -3.85. The topological polar surface area (TPSA) is 46.2 Å². The predicted octanol–water partition coefficient (Wildman–Crippen LogP) is 4.80. The average Bonchev–Trinajstić information content (AvgIpc) is 2.34. The maximum absolute atomic E-state index is 13.0. The highest BCUT2D eigenvalue weighted by molar-refractivity contribution is 9.11. The van der Waals surface area contributed by atoms with Crippen LogP contribution in [-0.4, -0.2) is 8.42 Å². The molecule has 0 bridgehead atoms. The summed E-state index contributed by atoms with van der Waals surface area (Å²) in [6, 6.07) is 8.14. The van der Waals surface area contributed by atoms with Crippen molar-refractivity contribution in [1.82, 2.24) is 0 Å². The van der Waals surface area contributed by atoms with E-state index in [1.165, 1.54) is 6.07 Å². The summed E-state index contributed by atoms with van der Waals surface area (Å²) in [4.78, 5) is -0.0641. The molecule has 0 heterocycles. The minimum Gasteiger partial charge on any atom is -0.278 e. The Balaban J connectivity index is 2.44. The maximum Gasteiger partial charge on any atom is 0.263 e. The normalized spacial score (nSPS) is 11.4. The quantitative estimate of drug-likeness (QED) is 0.741. The number of anilines is 1. The van der Waals surface area contributed by atoms with Crippen LogP contribution in [0.3, 0.4) is 0 Å². The van der Waals surface area contributed by atoms with E-state index in [1.807, 2.05) is 0 Å². The molecule has 0 atom stereocenters. The third-order valence-electron chi connectivity index (χ3n) is 2.38. The number of nitrogens with one attached hydrogen (secondary N) is 1. The van der Waals surface area contributed by atoms with Crippen LogP contribution in [0, 0.1) is 5.82 Å². The predicted molar refractivity (Wildman–Crippen MR) is 84.1 cm³/mol. The first-order valence-corrected chi connectivity index (χ1v) is 8.68. The molecule has 2 aromatic rings. The highest BCUT2D eigenvalue weighted by atomic mass is 79.9. The number of benzene rings is 2. The molecule has 106 valence electrons. The number of halogens is 4. The van der Waals surface area contributed by atoms with Gasteiger partial charge in [0.1, 0.15) is 10.7 Å². The number of sulfonamides is 1. The van der Waals surface area contributed by atoms with Crippen LogP contribution in [0.15, 0.2) is 50.2 Å². The van der Waals surface area contributed by atoms with E-state index >= 15 is 0 Å². The zero-order chi connectivity index (χ0) is 14.9. The molecule has 0 aliphatic heterocycles. The largest absolute Gasteiger partial charge is 0.278 e. The molecular weight excluding hydrogens is 436 g/mol. The SMILES string of the molecule is O=S(=O)(Nc1cccc(Cl)c1Br)c1ccc(F)cc1Br. The summed E-state index contributed by atoms with van der Waals surface area (Å²) < 4.78 is 40.5. The molecule has 0 radical (unpaired) electrons. The smallest absolute Gasteiger partial charge is 0.263 e. The van der Waals surface area contributed by atoms with Crippen LogP contribution < -0.4 is 4.72 Å². The van der Waals surface area contributed by atoms with Gasteiger partial charge in [-0.25, -0.2) is 12.8 Å². The van der Waals surface area contributed by atoms with Crippen LogP contribution in [-0.2, 0) is 10.0 Å². The van der Waals surface area contributed by atoms with Gasteiger partial charge in [0, 0.05) is 4.47 Å². The van der Waals surface area contributed by atoms with Crippen LogP contribution in [0.5, 0.6) is 0 Å². The van der Waals surface area contributed by atoms with Gasteiger partial charge in [0.05, 0.1) is 15.2 Å². The van der Waals surface area contributed by atoms with Gasteiger partial charge in [-0.05, 0) is 62.2 Å². The summed E-state index contributed by atoms with van der Waals surface area (Å²) >= 11 is 12.1. The lowest BCUT2D eigenvalue weighted by Crippen LogP contribution is -2.14. The van der Waals surface area contributed by atoms with Gasteiger partial charge >= 0.3 is 0 Å². The van der Waals surface area contributed by atoms with Gasteiger partial charge in [-0.2, -0.15) is 0 Å². The summed E-state index contributed by atoms with van der Waals surface area (Å²) in [6.07, 6.45) is 0. The number of rotatable bonds is 3. The molecule has 3 nitrogen and oxygen atoms in total. The zero-order valence-electron chi connectivity index (χ0n) is 9.70. The summed E-state index contributed by atoms with van der Waals surface area (Å²) in [5, 5.41) is 0.378. The third-order valence-corrected chi connectivity index (χ3v) is 6.12. The molecule has 1 N–H and O–H groups in total. The van der Waals surface area contributed by atoms with Crippen molar-refractivity contribution in [2.75, 3.05) is 4.72 Å². The number of hydrogen-bond donors (Lipinski definition) is 1. The van der Waals surface area contributed by atoms with Gasteiger partial charge in [-0.15, -0.1) is 0 Å². The molecule has 0 spiro atoms. The van der Waals surface area contributed by atoms with Gasteiger partial charge in [0.2, 0.25) is 0 Å². The van der Waals surface area contributed by atoms with Gasteiger partial charge in [0.15, 0.2) is 0 Å². The minimum atomic E-state index is -3.85. The Bertz CT molecular complexity index is 768. The lowest BCUT2D eigenvalue weighted by molar-refractivity contribution is 0.599. The monoisotopic (exact) mass is 441 g/mol. The fourth-order valence-corrected chi connectivity index (χ4v) is 4.27. The maximum atomic E-state index is 13.0. The van der Waals surface area contributed by atoms with E-state index in [1.54, 1.807) is 18.2 Å². The highest BCUT2D eigenvalue weighted by Gasteiger charge is 2.19. The van der Waals surface area contributed by atoms with Gasteiger partial charge in [0.25, 0.3) is 10.0 Å². The first-order valence-electron chi connectivity index (χ1n) is 5.23. The van der Waals surface area contributed by atoms with Crippen molar-refractivity contribution in [2.45, 2.75) is 4.90 Å². The Labute approximate surface area is 137 Å². The molecule has 8 heteroatoms. The first kappa shape index (κ1) is 15.8. The van der Waals surface area contributed by atoms with Gasteiger partial charge < -0.3 is 0 Å². The van der Waals surface area contributed by atoms with Crippen molar-refractivity contribution in [1.29, 1.82) is 0 Å². The number of hydrogen-bond acceptors (Lipinski definition) is 2. The second-order valence-electron chi connectivity index (χ2n) is 3.78. The molecule has 20 heavy (non-hydrogen) atoms. The lowest BCUT2D eigenvalue weighted by Gasteiger charge is -2.11. The fourth-order valence-electron chi connectivity index (χ4n) is 1.48. The Kier molecular flexibility index (Phi) is 4.73. The van der Waals surface area contributed by atoms with E-state index in [0.717, 1.165) is 12.1 Å². The Hall–Kier alpha value is -0.630. The average molecular weight is 444 g/mol. The zero-order valence-corrected chi connectivity index (χ0v) is 14.4. The molecule has 0 saturated carbocycles. The summed E-state index contributed by atoms with van der Waals surface area (Å²) in [6.45, 7) is 0. The van der Waals surface area contributed by atoms with Crippen molar-refractivity contribution in [3.8, 4) is 0 Å². The van der Waals surface area contributed by atoms with Gasteiger partial charge in [-0.3, -0.25) is 4.72 Å². The Morgan fingerprint density at radius 3 is 2.50 bits per heavy atom. The van der Waals surface area contributed by atoms with E-state index in [9.17, 15) is 12.8 Å². The van der Waals surface area contributed by atoms with E-state index in [4.69, 9.17) is 11.6 Å². The van der Waals surface area contributed by atoms with Crippen molar-refractivity contribution in [3.05, 3.63) is 56.2 Å². The Morgan fingerprint density at radius 2 is 1.85 bits per heavy atom. The molecular formula is C12H7Br2ClFNO2S. The highest BCUT2D eigenvalue weighted by Crippen LogP contribution is 2.32. The van der Waals surface area contributed by atoms with E-state index in [0.29, 0.717) is 15.2 Å². The van der Waals surface area contributed by atoms with Crippen molar-refractivity contribution < 1.29 is 12.8 Å². The Morgan fingerprint density at radius 1 is 1.15 bits per heavy atom. The summed E-state index contributed by atoms with van der Waals surface area (Å²) in [5.41, 5.74) is 0.300. The lowest BCUT2D eigenvalue weighted by atomic mass is 10.3. The molecule has 0 amide bonds. The molecule has 0 aromatic heterocycles.